The van der Waals surface area contributed by atoms with Gasteiger partial charge in [0.2, 0.25) is 0 Å². The average Bonchev–Trinajstić information content (AvgIpc) is 2.14. The van der Waals surface area contributed by atoms with Gasteiger partial charge in [0.25, 0.3) is 0 Å². The predicted octanol–water partition coefficient (Wildman–Crippen LogP) is 0.625. The Morgan fingerprint density at radius 1 is 1.88 bits per heavy atom. The van der Waals surface area contributed by atoms with Gasteiger partial charge in [0.15, 0.2) is 0 Å². The number of ether oxygens (including phenoxy) is 1. The molecule has 3 heteroatoms. The third-order valence-corrected chi connectivity index (χ3v) is 1.32. The van der Waals surface area contributed by atoms with Gasteiger partial charge in [-0.05, 0) is 6.92 Å². The van der Waals surface area contributed by atoms with Gasteiger partial charge in [0.05, 0.1) is 18.4 Å². The van der Waals surface area contributed by atoms with Crippen LogP contribution in [-0.4, -0.2) is 23.6 Å². The zero-order valence-electron chi connectivity index (χ0n) is 4.79. The van der Waals surface area contributed by atoms with Crippen LogP contribution in [0.25, 0.3) is 0 Å². The van der Waals surface area contributed by atoms with Crippen LogP contribution in [0.3, 0.4) is 0 Å². The van der Waals surface area contributed by atoms with Crippen LogP contribution in [0.2, 0.25) is 0 Å². The van der Waals surface area contributed by atoms with Crippen molar-refractivity contribution < 1.29 is 9.94 Å². The van der Waals surface area contributed by atoms with E-state index in [9.17, 15) is 0 Å². The highest BCUT2D eigenvalue weighted by molar-refractivity contribution is 5.89. The van der Waals surface area contributed by atoms with Gasteiger partial charge in [-0.1, -0.05) is 5.16 Å². The molecule has 0 spiro atoms. The Balaban J connectivity index is 2.55. The Hall–Kier alpha value is -0.570. The normalized spacial score (nSPS) is 34.1. The summed E-state index contributed by atoms with van der Waals surface area (Å²) in [5.74, 6) is 0. The minimum atomic E-state index is 0.0278. The zero-order chi connectivity index (χ0) is 5.98. The molecule has 1 atom stereocenters. The van der Waals surface area contributed by atoms with Gasteiger partial charge in [0.1, 0.15) is 0 Å². The molecule has 0 aromatic rings. The molecule has 1 rings (SSSR count). The standard InChI is InChI=1S/C5H9NO2/c1-4-5(6-7)2-3-8-4/h4,7H,2-3H2,1H3/b6-5-/t4-/m1/s1. The molecular weight excluding hydrogens is 106 g/mol. The highest BCUT2D eigenvalue weighted by atomic mass is 16.5. The van der Waals surface area contributed by atoms with E-state index in [1.807, 2.05) is 6.92 Å². The van der Waals surface area contributed by atoms with Crippen LogP contribution in [0.1, 0.15) is 13.3 Å². The van der Waals surface area contributed by atoms with Crippen molar-refractivity contribution in [3.8, 4) is 0 Å². The minimum absolute atomic E-state index is 0.0278. The number of rotatable bonds is 0. The number of hydrogen-bond donors (Lipinski definition) is 1. The topological polar surface area (TPSA) is 41.8 Å². The van der Waals surface area contributed by atoms with Crippen molar-refractivity contribution in [2.75, 3.05) is 6.61 Å². The second kappa shape index (κ2) is 2.13. The Labute approximate surface area is 48.0 Å². The maximum Gasteiger partial charge on any atom is 0.0962 e. The van der Waals surface area contributed by atoms with Gasteiger partial charge >= 0.3 is 0 Å². The first kappa shape index (κ1) is 5.56. The van der Waals surface area contributed by atoms with Crippen LogP contribution in [0.15, 0.2) is 5.16 Å². The van der Waals surface area contributed by atoms with E-state index in [2.05, 4.69) is 5.16 Å². The number of hydrogen-bond acceptors (Lipinski definition) is 3. The lowest BCUT2D eigenvalue weighted by Gasteiger charge is -1.97. The lowest BCUT2D eigenvalue weighted by atomic mass is 10.2. The smallest absolute Gasteiger partial charge is 0.0962 e. The maximum absolute atomic E-state index is 8.24. The van der Waals surface area contributed by atoms with Crippen LogP contribution in [0.4, 0.5) is 0 Å². The van der Waals surface area contributed by atoms with Gasteiger partial charge in [-0.15, -0.1) is 0 Å². The molecule has 0 saturated carbocycles. The molecule has 0 aromatic carbocycles. The zero-order valence-corrected chi connectivity index (χ0v) is 4.79. The summed E-state index contributed by atoms with van der Waals surface area (Å²) in [4.78, 5) is 0. The van der Waals surface area contributed by atoms with Gasteiger partial charge in [-0.25, -0.2) is 0 Å². The van der Waals surface area contributed by atoms with Crippen LogP contribution in [0, 0.1) is 0 Å². The summed E-state index contributed by atoms with van der Waals surface area (Å²) in [7, 11) is 0. The van der Waals surface area contributed by atoms with Crippen molar-refractivity contribution in [3.05, 3.63) is 0 Å². The van der Waals surface area contributed by atoms with E-state index >= 15 is 0 Å². The van der Waals surface area contributed by atoms with Gasteiger partial charge in [-0.2, -0.15) is 0 Å². The summed E-state index contributed by atoms with van der Waals surface area (Å²) in [5, 5.41) is 11.3. The van der Waals surface area contributed by atoms with E-state index in [1.54, 1.807) is 0 Å². The highest BCUT2D eigenvalue weighted by Crippen LogP contribution is 2.07. The summed E-state index contributed by atoms with van der Waals surface area (Å²) >= 11 is 0. The molecule has 0 aromatic heterocycles. The summed E-state index contributed by atoms with van der Waals surface area (Å²) in [6, 6.07) is 0. The lowest BCUT2D eigenvalue weighted by Crippen LogP contribution is -2.09. The van der Waals surface area contributed by atoms with Crippen molar-refractivity contribution in [3.63, 3.8) is 0 Å². The molecule has 1 N–H and O–H groups in total. The van der Waals surface area contributed by atoms with Crippen molar-refractivity contribution in [2.24, 2.45) is 5.16 Å². The second-order valence-electron chi connectivity index (χ2n) is 1.85. The summed E-state index contributed by atoms with van der Waals surface area (Å²) in [5.41, 5.74) is 0.755. The molecule has 0 amide bonds. The SMILES string of the molecule is C[C@H]1OCC/C1=N/O. The Morgan fingerprint density at radius 3 is 2.88 bits per heavy atom. The monoisotopic (exact) mass is 115 g/mol. The molecule has 46 valence electrons. The molecule has 1 heterocycles. The Bertz CT molecular complexity index is 111. The van der Waals surface area contributed by atoms with Crippen molar-refractivity contribution >= 4 is 5.71 Å². The lowest BCUT2D eigenvalue weighted by molar-refractivity contribution is 0.144. The van der Waals surface area contributed by atoms with E-state index in [0.717, 1.165) is 12.1 Å². The molecule has 3 nitrogen and oxygen atoms in total. The maximum atomic E-state index is 8.24. The van der Waals surface area contributed by atoms with E-state index in [1.165, 1.54) is 0 Å². The third-order valence-electron chi connectivity index (χ3n) is 1.32. The molecule has 1 aliphatic rings. The van der Waals surface area contributed by atoms with Crippen LogP contribution in [-0.2, 0) is 4.74 Å². The van der Waals surface area contributed by atoms with E-state index < -0.39 is 0 Å². The quantitative estimate of drug-likeness (QED) is 0.371. The third kappa shape index (κ3) is 0.816. The molecule has 0 radical (unpaired) electrons. The Morgan fingerprint density at radius 2 is 2.62 bits per heavy atom. The van der Waals surface area contributed by atoms with E-state index in [4.69, 9.17) is 9.94 Å². The van der Waals surface area contributed by atoms with Gasteiger partial charge in [-0.3, -0.25) is 0 Å². The highest BCUT2D eigenvalue weighted by Gasteiger charge is 2.18. The van der Waals surface area contributed by atoms with Crippen molar-refractivity contribution in [1.29, 1.82) is 0 Å². The van der Waals surface area contributed by atoms with Gasteiger partial charge in [0, 0.05) is 6.42 Å². The van der Waals surface area contributed by atoms with Crippen LogP contribution in [0.5, 0.6) is 0 Å². The first-order valence-corrected chi connectivity index (χ1v) is 2.67. The fraction of sp³-hybridized carbons (Fsp3) is 0.800. The van der Waals surface area contributed by atoms with E-state index in [-0.39, 0.29) is 6.10 Å². The average molecular weight is 115 g/mol. The van der Waals surface area contributed by atoms with Crippen LogP contribution >= 0.6 is 0 Å². The summed E-state index contributed by atoms with van der Waals surface area (Å²) in [6.45, 7) is 2.57. The van der Waals surface area contributed by atoms with Crippen molar-refractivity contribution in [2.45, 2.75) is 19.4 Å². The fourth-order valence-corrected chi connectivity index (χ4v) is 0.771. The van der Waals surface area contributed by atoms with E-state index in [0.29, 0.717) is 6.61 Å². The molecule has 0 bridgehead atoms. The molecule has 1 fully saturated rings. The second-order valence-corrected chi connectivity index (χ2v) is 1.85. The first-order chi connectivity index (χ1) is 3.84. The number of nitrogens with zero attached hydrogens (tertiary/aromatic N) is 1. The molecule has 8 heavy (non-hydrogen) atoms. The molecule has 1 saturated heterocycles. The van der Waals surface area contributed by atoms with Gasteiger partial charge < -0.3 is 9.94 Å². The summed E-state index contributed by atoms with van der Waals surface area (Å²) in [6.07, 6.45) is 0.803. The molecule has 0 aliphatic carbocycles. The molecule has 1 aliphatic heterocycles. The molecular formula is C5H9NO2. The number of oxime groups is 1. The first-order valence-electron chi connectivity index (χ1n) is 2.67. The minimum Gasteiger partial charge on any atom is -0.411 e. The van der Waals surface area contributed by atoms with Crippen LogP contribution < -0.4 is 0 Å². The van der Waals surface area contributed by atoms with Crippen molar-refractivity contribution in [1.82, 2.24) is 0 Å². The molecule has 0 unspecified atom stereocenters. The largest absolute Gasteiger partial charge is 0.411 e. The Kier molecular flexibility index (Phi) is 1.48. The summed E-state index contributed by atoms with van der Waals surface area (Å²) < 4.78 is 5.07. The predicted molar refractivity (Wildman–Crippen MR) is 29.3 cm³/mol. The fourth-order valence-electron chi connectivity index (χ4n) is 0.771.